The largest absolute Gasteiger partial charge is 0.480 e. The summed E-state index contributed by atoms with van der Waals surface area (Å²) >= 11 is 0. The number of aliphatic carboxylic acids is 1. The van der Waals surface area contributed by atoms with Crippen molar-refractivity contribution in [1.82, 2.24) is 4.90 Å². The molecule has 0 aliphatic rings. The van der Waals surface area contributed by atoms with Gasteiger partial charge in [-0.15, -0.1) is 0 Å². The minimum atomic E-state index is -1.07. The van der Waals surface area contributed by atoms with Gasteiger partial charge in [0.15, 0.2) is 0 Å². The fourth-order valence-corrected chi connectivity index (χ4v) is 1.28. The minimum Gasteiger partial charge on any atom is -0.480 e. The normalized spacial score (nSPS) is 12.9. The van der Waals surface area contributed by atoms with Crippen molar-refractivity contribution < 1.29 is 24.2 Å². The Morgan fingerprint density at radius 3 is 2.28 bits per heavy atom. The van der Waals surface area contributed by atoms with Gasteiger partial charge in [0.1, 0.15) is 11.6 Å². The van der Waals surface area contributed by atoms with Gasteiger partial charge in [-0.2, -0.15) is 0 Å². The Morgan fingerprint density at radius 2 is 1.89 bits per heavy atom. The van der Waals surface area contributed by atoms with E-state index >= 15 is 0 Å². The van der Waals surface area contributed by atoms with Crippen molar-refractivity contribution in [3.63, 3.8) is 0 Å². The topological polar surface area (TPSA) is 76.1 Å². The first kappa shape index (κ1) is 16.7. The van der Waals surface area contributed by atoms with Crippen LogP contribution in [0.5, 0.6) is 0 Å². The molecule has 0 spiro atoms. The summed E-state index contributed by atoms with van der Waals surface area (Å²) in [5, 5.41) is 9.09. The quantitative estimate of drug-likeness (QED) is 0.737. The van der Waals surface area contributed by atoms with Crippen LogP contribution in [0.25, 0.3) is 0 Å². The third-order valence-electron chi connectivity index (χ3n) is 2.17. The molecule has 0 aromatic carbocycles. The molecule has 0 fully saturated rings. The zero-order valence-corrected chi connectivity index (χ0v) is 11.7. The number of nitrogens with zero attached hydrogens (tertiary/aromatic N) is 1. The van der Waals surface area contributed by atoms with Crippen molar-refractivity contribution in [3.05, 3.63) is 0 Å². The number of ether oxygens (including phenoxy) is 2. The Hall–Kier alpha value is -1.30. The molecule has 6 nitrogen and oxygen atoms in total. The molecule has 1 amide bonds. The summed E-state index contributed by atoms with van der Waals surface area (Å²) in [5.74, 6) is -1.07. The Morgan fingerprint density at radius 1 is 1.33 bits per heavy atom. The molecule has 0 saturated heterocycles. The molecule has 0 aliphatic carbocycles. The summed E-state index contributed by atoms with van der Waals surface area (Å²) in [6.07, 6.45) is -0.412. The summed E-state index contributed by atoms with van der Waals surface area (Å²) in [6, 6.07) is -0.939. The maximum Gasteiger partial charge on any atom is 0.410 e. The van der Waals surface area contributed by atoms with Crippen LogP contribution in [-0.2, 0) is 14.3 Å². The second kappa shape index (κ2) is 7.20. The molecule has 0 radical (unpaired) electrons. The molecular formula is C12H23NO5. The molecule has 18 heavy (non-hydrogen) atoms. The highest BCUT2D eigenvalue weighted by atomic mass is 16.6. The summed E-state index contributed by atoms with van der Waals surface area (Å²) in [7, 11) is 1.42. The van der Waals surface area contributed by atoms with Gasteiger partial charge in [0.25, 0.3) is 0 Å². The average molecular weight is 261 g/mol. The number of carbonyl (C=O) groups excluding carboxylic acids is 1. The van der Waals surface area contributed by atoms with E-state index in [0.29, 0.717) is 13.2 Å². The van der Waals surface area contributed by atoms with E-state index in [0.717, 1.165) is 4.90 Å². The third-order valence-corrected chi connectivity index (χ3v) is 2.17. The van der Waals surface area contributed by atoms with Gasteiger partial charge >= 0.3 is 12.1 Å². The van der Waals surface area contributed by atoms with Crippen LogP contribution in [0.1, 0.15) is 34.1 Å². The number of hydrogen-bond acceptors (Lipinski definition) is 4. The maximum absolute atomic E-state index is 11.7. The number of carboxylic acid groups (broad SMARTS) is 1. The zero-order valence-electron chi connectivity index (χ0n) is 11.7. The Kier molecular flexibility index (Phi) is 6.68. The molecule has 0 aromatic heterocycles. The highest BCUT2D eigenvalue weighted by Gasteiger charge is 2.29. The minimum absolute atomic E-state index is 0.235. The van der Waals surface area contributed by atoms with Gasteiger partial charge in [-0.1, -0.05) is 0 Å². The van der Waals surface area contributed by atoms with Crippen molar-refractivity contribution in [2.24, 2.45) is 0 Å². The van der Waals surface area contributed by atoms with Crippen LogP contribution in [-0.4, -0.2) is 54.0 Å². The van der Waals surface area contributed by atoms with E-state index in [1.165, 1.54) is 7.05 Å². The van der Waals surface area contributed by atoms with Crippen LogP contribution in [0.15, 0.2) is 0 Å². The van der Waals surface area contributed by atoms with Gasteiger partial charge in [-0.25, -0.2) is 9.59 Å². The lowest BCUT2D eigenvalue weighted by Gasteiger charge is -2.28. The van der Waals surface area contributed by atoms with Gasteiger partial charge in [0.2, 0.25) is 0 Å². The average Bonchev–Trinajstić information content (AvgIpc) is 2.20. The molecule has 0 saturated carbocycles. The first-order valence-electron chi connectivity index (χ1n) is 5.95. The molecule has 1 N–H and O–H groups in total. The third kappa shape index (κ3) is 6.44. The van der Waals surface area contributed by atoms with Crippen LogP contribution >= 0.6 is 0 Å². The Balaban J connectivity index is 4.51. The van der Waals surface area contributed by atoms with Crippen molar-refractivity contribution in [3.8, 4) is 0 Å². The van der Waals surface area contributed by atoms with E-state index in [4.69, 9.17) is 14.6 Å². The molecule has 0 rings (SSSR count). The van der Waals surface area contributed by atoms with Gasteiger partial charge in [0, 0.05) is 26.7 Å². The van der Waals surface area contributed by atoms with E-state index in [-0.39, 0.29) is 6.42 Å². The fraction of sp³-hybridized carbons (Fsp3) is 0.833. The second-order valence-corrected chi connectivity index (χ2v) is 4.93. The molecule has 0 aliphatic heterocycles. The van der Waals surface area contributed by atoms with Gasteiger partial charge in [-0.3, -0.25) is 4.90 Å². The van der Waals surface area contributed by atoms with Gasteiger partial charge < -0.3 is 14.6 Å². The number of hydrogen-bond donors (Lipinski definition) is 1. The first-order chi connectivity index (χ1) is 8.19. The highest BCUT2D eigenvalue weighted by molar-refractivity contribution is 5.79. The number of rotatable bonds is 6. The standard InChI is InChI=1S/C12H23NO5/c1-6-17-8-7-9(10(14)15)13(5)11(16)18-12(2,3)4/h9H,6-8H2,1-5H3,(H,14,15)/t9-/m0/s1. The number of amides is 1. The molecule has 0 aromatic rings. The summed E-state index contributed by atoms with van der Waals surface area (Å²) in [5.41, 5.74) is -0.645. The van der Waals surface area contributed by atoms with Crippen molar-refractivity contribution in [1.29, 1.82) is 0 Å². The van der Waals surface area contributed by atoms with E-state index in [1.54, 1.807) is 20.8 Å². The van der Waals surface area contributed by atoms with Crippen LogP contribution in [0.2, 0.25) is 0 Å². The molecule has 6 heteroatoms. The lowest BCUT2D eigenvalue weighted by atomic mass is 10.2. The lowest BCUT2D eigenvalue weighted by molar-refractivity contribution is -0.143. The highest BCUT2D eigenvalue weighted by Crippen LogP contribution is 2.12. The Bertz CT molecular complexity index is 285. The van der Waals surface area contributed by atoms with Crippen molar-refractivity contribution >= 4 is 12.1 Å². The zero-order chi connectivity index (χ0) is 14.3. The predicted octanol–water partition coefficient (Wildman–Crippen LogP) is 1.73. The fourth-order valence-electron chi connectivity index (χ4n) is 1.28. The van der Waals surface area contributed by atoms with Crippen LogP contribution in [0, 0.1) is 0 Å². The monoisotopic (exact) mass is 261 g/mol. The van der Waals surface area contributed by atoms with Gasteiger partial charge in [-0.05, 0) is 27.7 Å². The van der Waals surface area contributed by atoms with Crippen molar-refractivity contribution in [2.45, 2.75) is 45.8 Å². The predicted molar refractivity (Wildman–Crippen MR) is 66.5 cm³/mol. The lowest BCUT2D eigenvalue weighted by Crippen LogP contribution is -2.45. The summed E-state index contributed by atoms with van der Waals surface area (Å²) in [6.45, 7) is 7.83. The first-order valence-corrected chi connectivity index (χ1v) is 5.95. The number of carbonyl (C=O) groups is 2. The number of carboxylic acids is 1. The molecule has 106 valence electrons. The smallest absolute Gasteiger partial charge is 0.410 e. The molecular weight excluding hydrogens is 238 g/mol. The SMILES string of the molecule is CCOCC[C@@H](C(=O)O)N(C)C(=O)OC(C)(C)C. The van der Waals surface area contributed by atoms with Crippen LogP contribution < -0.4 is 0 Å². The maximum atomic E-state index is 11.7. The summed E-state index contributed by atoms with van der Waals surface area (Å²) < 4.78 is 10.2. The second-order valence-electron chi connectivity index (χ2n) is 4.93. The molecule has 1 atom stereocenters. The van der Waals surface area contributed by atoms with E-state index in [2.05, 4.69) is 0 Å². The van der Waals surface area contributed by atoms with Crippen LogP contribution in [0.3, 0.4) is 0 Å². The summed E-state index contributed by atoms with van der Waals surface area (Å²) in [4.78, 5) is 23.9. The number of likely N-dealkylation sites (N-methyl/N-ethyl adjacent to an activating group) is 1. The van der Waals surface area contributed by atoms with E-state index in [1.807, 2.05) is 6.92 Å². The van der Waals surface area contributed by atoms with E-state index < -0.39 is 23.7 Å². The van der Waals surface area contributed by atoms with E-state index in [9.17, 15) is 9.59 Å². The van der Waals surface area contributed by atoms with Crippen molar-refractivity contribution in [2.75, 3.05) is 20.3 Å². The molecule has 0 unspecified atom stereocenters. The Labute approximate surface area is 108 Å². The molecule has 0 bridgehead atoms. The molecule has 0 heterocycles. The van der Waals surface area contributed by atoms with Crippen LogP contribution in [0.4, 0.5) is 4.79 Å². The van der Waals surface area contributed by atoms with Gasteiger partial charge in [0.05, 0.1) is 0 Å².